The SMILES string of the molecule is Fc1cc(C2CCC(Br)C2)ccc1C(F)(F)F. The lowest BCUT2D eigenvalue weighted by Crippen LogP contribution is -2.09. The van der Waals surface area contributed by atoms with E-state index < -0.39 is 17.6 Å². The molecule has 0 N–H and O–H groups in total. The summed E-state index contributed by atoms with van der Waals surface area (Å²) in [6, 6.07) is 3.26. The maximum atomic E-state index is 13.4. The van der Waals surface area contributed by atoms with Crippen LogP contribution in [0, 0.1) is 5.82 Å². The standard InChI is InChI=1S/C12H11BrF4/c13-9-3-1-7(5-9)8-2-4-10(11(14)6-8)12(15,16)17/h2,4,6-7,9H,1,3,5H2. The fourth-order valence-electron chi connectivity index (χ4n) is 2.24. The largest absolute Gasteiger partial charge is 0.419 e. The Kier molecular flexibility index (Phi) is 3.48. The molecule has 2 unspecified atom stereocenters. The van der Waals surface area contributed by atoms with Crippen LogP contribution in [0.4, 0.5) is 17.6 Å². The molecular formula is C12H11BrF4. The fraction of sp³-hybridized carbons (Fsp3) is 0.500. The van der Waals surface area contributed by atoms with Gasteiger partial charge in [0.05, 0.1) is 5.56 Å². The molecule has 0 spiro atoms. The average molecular weight is 311 g/mol. The Labute approximate surface area is 105 Å². The molecule has 0 aliphatic heterocycles. The molecule has 0 aromatic heterocycles. The summed E-state index contributed by atoms with van der Waals surface area (Å²) in [6.07, 6.45) is -1.89. The quantitative estimate of drug-likeness (QED) is 0.512. The van der Waals surface area contributed by atoms with Gasteiger partial charge in [0.15, 0.2) is 0 Å². The van der Waals surface area contributed by atoms with Crippen molar-refractivity contribution in [1.29, 1.82) is 0 Å². The van der Waals surface area contributed by atoms with Crippen molar-refractivity contribution in [2.24, 2.45) is 0 Å². The zero-order valence-electron chi connectivity index (χ0n) is 8.90. The summed E-state index contributed by atoms with van der Waals surface area (Å²) in [4.78, 5) is 0.387. The van der Waals surface area contributed by atoms with Gasteiger partial charge in [-0.25, -0.2) is 4.39 Å². The normalized spacial score (nSPS) is 25.2. The second-order valence-corrected chi connectivity index (χ2v) is 5.64. The molecule has 94 valence electrons. The number of rotatable bonds is 1. The van der Waals surface area contributed by atoms with E-state index in [-0.39, 0.29) is 5.92 Å². The van der Waals surface area contributed by atoms with Gasteiger partial charge in [-0.3, -0.25) is 0 Å². The first kappa shape index (κ1) is 12.9. The minimum absolute atomic E-state index is 0.163. The van der Waals surface area contributed by atoms with Crippen LogP contribution in [-0.4, -0.2) is 4.83 Å². The van der Waals surface area contributed by atoms with Crippen LogP contribution in [0.2, 0.25) is 0 Å². The van der Waals surface area contributed by atoms with Crippen molar-refractivity contribution in [3.63, 3.8) is 0 Å². The molecule has 1 aromatic carbocycles. The molecule has 1 aliphatic carbocycles. The molecule has 0 amide bonds. The minimum atomic E-state index is -4.61. The Morgan fingerprint density at radius 1 is 1.18 bits per heavy atom. The van der Waals surface area contributed by atoms with Crippen LogP contribution in [0.5, 0.6) is 0 Å². The van der Waals surface area contributed by atoms with E-state index in [1.807, 2.05) is 0 Å². The molecule has 1 aliphatic rings. The Morgan fingerprint density at radius 2 is 1.88 bits per heavy atom. The molecule has 0 bridgehead atoms. The first-order valence-electron chi connectivity index (χ1n) is 5.38. The molecule has 0 heterocycles. The third-order valence-electron chi connectivity index (χ3n) is 3.14. The molecule has 1 aromatic rings. The highest BCUT2D eigenvalue weighted by atomic mass is 79.9. The van der Waals surface area contributed by atoms with Gasteiger partial charge in [0, 0.05) is 4.83 Å². The van der Waals surface area contributed by atoms with E-state index in [4.69, 9.17) is 0 Å². The Hall–Kier alpha value is -0.580. The van der Waals surface area contributed by atoms with Crippen LogP contribution in [0.1, 0.15) is 36.3 Å². The molecule has 0 saturated heterocycles. The third kappa shape index (κ3) is 2.81. The van der Waals surface area contributed by atoms with E-state index in [9.17, 15) is 17.6 Å². The van der Waals surface area contributed by atoms with Crippen LogP contribution in [0.15, 0.2) is 18.2 Å². The third-order valence-corrected chi connectivity index (χ3v) is 3.97. The lowest BCUT2D eigenvalue weighted by molar-refractivity contribution is -0.140. The summed E-state index contributed by atoms with van der Waals surface area (Å²) < 4.78 is 50.5. The second-order valence-electron chi connectivity index (χ2n) is 4.34. The van der Waals surface area contributed by atoms with Crippen LogP contribution in [0.25, 0.3) is 0 Å². The molecule has 2 rings (SSSR count). The van der Waals surface area contributed by atoms with Crippen molar-refractivity contribution in [1.82, 2.24) is 0 Å². The first-order chi connectivity index (χ1) is 7.88. The predicted octanol–water partition coefficient (Wildman–Crippen LogP) is 4.88. The number of halogens is 5. The van der Waals surface area contributed by atoms with Gasteiger partial charge < -0.3 is 0 Å². The molecule has 1 fully saturated rings. The topological polar surface area (TPSA) is 0 Å². The molecule has 2 atom stereocenters. The van der Waals surface area contributed by atoms with E-state index in [1.54, 1.807) is 0 Å². The maximum Gasteiger partial charge on any atom is 0.419 e. The van der Waals surface area contributed by atoms with Crippen molar-refractivity contribution in [2.45, 2.75) is 36.2 Å². The fourth-order valence-corrected chi connectivity index (χ4v) is 2.96. The van der Waals surface area contributed by atoms with E-state index in [2.05, 4.69) is 15.9 Å². The van der Waals surface area contributed by atoms with E-state index in [0.717, 1.165) is 31.4 Å². The van der Waals surface area contributed by atoms with Crippen molar-refractivity contribution >= 4 is 15.9 Å². The van der Waals surface area contributed by atoms with Gasteiger partial charge in [0.2, 0.25) is 0 Å². The zero-order chi connectivity index (χ0) is 12.6. The first-order valence-corrected chi connectivity index (χ1v) is 6.30. The van der Waals surface area contributed by atoms with Crippen molar-refractivity contribution in [2.75, 3.05) is 0 Å². The summed E-state index contributed by atoms with van der Waals surface area (Å²) >= 11 is 3.47. The molecule has 5 heteroatoms. The van der Waals surface area contributed by atoms with Gasteiger partial charge in [0.25, 0.3) is 0 Å². The summed E-state index contributed by atoms with van der Waals surface area (Å²) in [5.41, 5.74) is -0.521. The molecule has 0 radical (unpaired) electrons. The maximum absolute atomic E-state index is 13.4. The number of benzene rings is 1. The monoisotopic (exact) mass is 310 g/mol. The highest BCUT2D eigenvalue weighted by Gasteiger charge is 2.34. The summed E-state index contributed by atoms with van der Waals surface area (Å²) in [6.45, 7) is 0. The molecule has 1 saturated carbocycles. The molecule has 17 heavy (non-hydrogen) atoms. The Morgan fingerprint density at radius 3 is 2.35 bits per heavy atom. The van der Waals surface area contributed by atoms with Gasteiger partial charge in [-0.2, -0.15) is 13.2 Å². The smallest absolute Gasteiger partial charge is 0.206 e. The van der Waals surface area contributed by atoms with Gasteiger partial charge >= 0.3 is 6.18 Å². The van der Waals surface area contributed by atoms with E-state index in [1.165, 1.54) is 6.07 Å². The van der Waals surface area contributed by atoms with Crippen molar-refractivity contribution in [3.05, 3.63) is 35.1 Å². The van der Waals surface area contributed by atoms with Crippen LogP contribution < -0.4 is 0 Å². The lowest BCUT2D eigenvalue weighted by atomic mass is 9.96. The van der Waals surface area contributed by atoms with Gasteiger partial charge in [-0.1, -0.05) is 22.0 Å². The lowest BCUT2D eigenvalue weighted by Gasteiger charge is -2.13. The van der Waals surface area contributed by atoms with Crippen LogP contribution in [-0.2, 0) is 6.18 Å². The van der Waals surface area contributed by atoms with E-state index >= 15 is 0 Å². The number of hydrogen-bond donors (Lipinski definition) is 0. The van der Waals surface area contributed by atoms with Gasteiger partial charge in [-0.05, 0) is 42.9 Å². The van der Waals surface area contributed by atoms with Crippen molar-refractivity contribution in [3.8, 4) is 0 Å². The second kappa shape index (κ2) is 4.59. The summed E-state index contributed by atoms with van der Waals surface area (Å²) in [5, 5.41) is 0. The molecule has 0 nitrogen and oxygen atoms in total. The highest BCUT2D eigenvalue weighted by molar-refractivity contribution is 9.09. The predicted molar refractivity (Wildman–Crippen MR) is 60.7 cm³/mol. The Balaban J connectivity index is 2.25. The highest BCUT2D eigenvalue weighted by Crippen LogP contribution is 2.39. The van der Waals surface area contributed by atoms with Crippen LogP contribution >= 0.6 is 15.9 Å². The summed E-state index contributed by atoms with van der Waals surface area (Å²) in [7, 11) is 0. The van der Waals surface area contributed by atoms with Crippen LogP contribution in [0.3, 0.4) is 0 Å². The van der Waals surface area contributed by atoms with Gasteiger partial charge in [-0.15, -0.1) is 0 Å². The summed E-state index contributed by atoms with van der Waals surface area (Å²) in [5.74, 6) is -1.01. The number of hydrogen-bond acceptors (Lipinski definition) is 0. The zero-order valence-corrected chi connectivity index (χ0v) is 10.5. The van der Waals surface area contributed by atoms with Crippen molar-refractivity contribution < 1.29 is 17.6 Å². The molecular weight excluding hydrogens is 300 g/mol. The minimum Gasteiger partial charge on any atom is -0.206 e. The number of alkyl halides is 4. The van der Waals surface area contributed by atoms with Gasteiger partial charge in [0.1, 0.15) is 5.82 Å². The Bertz CT molecular complexity index is 413. The average Bonchev–Trinajstić information content (AvgIpc) is 2.62. The van der Waals surface area contributed by atoms with E-state index in [0.29, 0.717) is 10.4 Å².